The minimum absolute atomic E-state index is 0.228. The predicted molar refractivity (Wildman–Crippen MR) is 87.8 cm³/mol. The lowest BCUT2D eigenvalue weighted by atomic mass is 10.2. The molecule has 4 heterocycles. The molecule has 0 spiro atoms. The van der Waals surface area contributed by atoms with Gasteiger partial charge in [0.1, 0.15) is 24.0 Å². The number of rotatable bonds is 3. The number of hydrogen-bond donors (Lipinski definition) is 0. The van der Waals surface area contributed by atoms with E-state index < -0.39 is 0 Å². The highest BCUT2D eigenvalue weighted by Gasteiger charge is 2.20. The van der Waals surface area contributed by atoms with Crippen LogP contribution in [-0.4, -0.2) is 39.3 Å². The number of aryl methyl sites for hydroxylation is 1. The van der Waals surface area contributed by atoms with Gasteiger partial charge in [0.2, 0.25) is 0 Å². The van der Waals surface area contributed by atoms with Crippen LogP contribution in [0, 0.1) is 6.92 Å². The third-order valence-electron chi connectivity index (χ3n) is 3.74. The fourth-order valence-corrected chi connectivity index (χ4v) is 2.64. The number of imidazole rings is 1. The van der Waals surface area contributed by atoms with Crippen LogP contribution in [0.25, 0.3) is 22.7 Å². The highest BCUT2D eigenvalue weighted by atomic mass is 15.4. The molecule has 0 amide bonds. The fourth-order valence-electron chi connectivity index (χ4n) is 2.64. The van der Waals surface area contributed by atoms with Crippen LogP contribution in [0.3, 0.4) is 0 Å². The van der Waals surface area contributed by atoms with E-state index in [1.165, 1.54) is 6.33 Å². The molecule has 0 unspecified atom stereocenters. The summed E-state index contributed by atoms with van der Waals surface area (Å²) in [7, 11) is 0. The third kappa shape index (κ3) is 2.23. The Morgan fingerprint density at radius 1 is 1.12 bits per heavy atom. The zero-order valence-electron chi connectivity index (χ0n) is 13.6. The SMILES string of the molecule is Cc1nc(C(C)C)n2nc(-c3cccnc3)nc(-n3cncn3)c12. The van der Waals surface area contributed by atoms with E-state index in [0.717, 1.165) is 22.6 Å². The maximum absolute atomic E-state index is 4.70. The summed E-state index contributed by atoms with van der Waals surface area (Å²) in [4.78, 5) is 17.6. The van der Waals surface area contributed by atoms with Gasteiger partial charge in [0, 0.05) is 23.9 Å². The summed E-state index contributed by atoms with van der Waals surface area (Å²) >= 11 is 0. The number of hydrogen-bond acceptors (Lipinski definition) is 6. The smallest absolute Gasteiger partial charge is 0.185 e. The van der Waals surface area contributed by atoms with Gasteiger partial charge in [0.25, 0.3) is 0 Å². The molecule has 4 aromatic rings. The first-order chi connectivity index (χ1) is 11.6. The van der Waals surface area contributed by atoms with Gasteiger partial charge in [0.15, 0.2) is 11.6 Å². The Labute approximate surface area is 138 Å². The van der Waals surface area contributed by atoms with Gasteiger partial charge in [-0.1, -0.05) is 13.8 Å². The highest BCUT2D eigenvalue weighted by molar-refractivity contribution is 5.67. The molecule has 0 aliphatic rings. The van der Waals surface area contributed by atoms with Crippen molar-refractivity contribution in [3.63, 3.8) is 0 Å². The molecular weight excluding hydrogens is 304 g/mol. The molecule has 0 aliphatic heterocycles. The van der Waals surface area contributed by atoms with E-state index in [1.807, 2.05) is 23.6 Å². The largest absolute Gasteiger partial charge is 0.264 e. The molecule has 0 saturated heterocycles. The van der Waals surface area contributed by atoms with Crippen molar-refractivity contribution < 1.29 is 0 Å². The molecule has 4 aromatic heterocycles. The van der Waals surface area contributed by atoms with E-state index in [4.69, 9.17) is 10.1 Å². The molecule has 0 bridgehead atoms. The monoisotopic (exact) mass is 320 g/mol. The van der Waals surface area contributed by atoms with Crippen LogP contribution in [0.4, 0.5) is 0 Å². The van der Waals surface area contributed by atoms with Gasteiger partial charge in [-0.3, -0.25) is 4.98 Å². The van der Waals surface area contributed by atoms with Crippen molar-refractivity contribution in [3.8, 4) is 17.2 Å². The van der Waals surface area contributed by atoms with Crippen molar-refractivity contribution in [2.45, 2.75) is 26.7 Å². The first-order valence-corrected chi connectivity index (χ1v) is 7.68. The van der Waals surface area contributed by atoms with E-state index in [-0.39, 0.29) is 5.92 Å². The summed E-state index contributed by atoms with van der Waals surface area (Å²) in [5, 5.41) is 8.92. The summed E-state index contributed by atoms with van der Waals surface area (Å²) in [5.41, 5.74) is 2.53. The topological polar surface area (TPSA) is 86.7 Å². The minimum atomic E-state index is 0.228. The quantitative estimate of drug-likeness (QED) is 0.575. The Bertz CT molecular complexity index is 986. The van der Waals surface area contributed by atoms with Gasteiger partial charge >= 0.3 is 0 Å². The molecule has 4 rings (SSSR count). The Hall–Kier alpha value is -3.16. The molecule has 0 fully saturated rings. The summed E-state index contributed by atoms with van der Waals surface area (Å²) in [6, 6.07) is 3.79. The van der Waals surface area contributed by atoms with E-state index in [0.29, 0.717) is 11.6 Å². The third-order valence-corrected chi connectivity index (χ3v) is 3.74. The zero-order valence-corrected chi connectivity index (χ0v) is 13.6. The molecule has 8 heteroatoms. The van der Waals surface area contributed by atoms with Crippen molar-refractivity contribution >= 4 is 5.52 Å². The molecule has 24 heavy (non-hydrogen) atoms. The Balaban J connectivity index is 2.08. The standard InChI is InChI=1S/C16H16N8/c1-10(2)15-20-11(3)13-16(23-9-18-8-19-23)21-14(22-24(13)15)12-5-4-6-17-7-12/h4-10H,1-3H3. The Morgan fingerprint density at radius 3 is 2.67 bits per heavy atom. The summed E-state index contributed by atoms with van der Waals surface area (Å²) in [5.74, 6) is 2.33. The molecule has 0 N–H and O–H groups in total. The summed E-state index contributed by atoms with van der Waals surface area (Å²) in [6.45, 7) is 6.14. The average Bonchev–Trinajstić information content (AvgIpc) is 3.23. The van der Waals surface area contributed by atoms with E-state index >= 15 is 0 Å². The van der Waals surface area contributed by atoms with Crippen molar-refractivity contribution in [2.75, 3.05) is 0 Å². The predicted octanol–water partition coefficient (Wildman–Crippen LogP) is 2.20. The number of fused-ring (bicyclic) bond motifs is 1. The molecule has 0 atom stereocenters. The van der Waals surface area contributed by atoms with Gasteiger partial charge < -0.3 is 0 Å². The molecule has 0 aliphatic carbocycles. The lowest BCUT2D eigenvalue weighted by Crippen LogP contribution is -2.09. The number of nitrogens with zero attached hydrogens (tertiary/aromatic N) is 8. The van der Waals surface area contributed by atoms with Crippen LogP contribution in [0.2, 0.25) is 0 Å². The highest BCUT2D eigenvalue weighted by Crippen LogP contribution is 2.24. The average molecular weight is 320 g/mol. The maximum atomic E-state index is 4.70. The molecule has 0 radical (unpaired) electrons. The number of aromatic nitrogens is 8. The molecule has 120 valence electrons. The van der Waals surface area contributed by atoms with Crippen LogP contribution in [0.15, 0.2) is 37.2 Å². The second-order valence-electron chi connectivity index (χ2n) is 5.81. The van der Waals surface area contributed by atoms with Crippen molar-refractivity contribution in [3.05, 3.63) is 48.7 Å². The van der Waals surface area contributed by atoms with Gasteiger partial charge in [-0.25, -0.2) is 24.1 Å². The summed E-state index contributed by atoms with van der Waals surface area (Å²) in [6.07, 6.45) is 6.57. The first-order valence-electron chi connectivity index (χ1n) is 7.68. The van der Waals surface area contributed by atoms with Gasteiger partial charge in [-0.05, 0) is 19.1 Å². The van der Waals surface area contributed by atoms with E-state index in [2.05, 4.69) is 33.9 Å². The van der Waals surface area contributed by atoms with Gasteiger partial charge in [0.05, 0.1) is 5.69 Å². The second-order valence-corrected chi connectivity index (χ2v) is 5.81. The lowest BCUT2D eigenvalue weighted by molar-refractivity contribution is 0.715. The van der Waals surface area contributed by atoms with Crippen molar-refractivity contribution in [1.82, 2.24) is 39.3 Å². The first kappa shape index (κ1) is 14.4. The lowest BCUT2D eigenvalue weighted by Gasteiger charge is -2.09. The number of pyridine rings is 1. The molecule has 0 aromatic carbocycles. The van der Waals surface area contributed by atoms with E-state index in [9.17, 15) is 0 Å². The van der Waals surface area contributed by atoms with Crippen LogP contribution in [-0.2, 0) is 0 Å². The van der Waals surface area contributed by atoms with E-state index in [1.54, 1.807) is 23.4 Å². The zero-order chi connectivity index (χ0) is 16.7. The van der Waals surface area contributed by atoms with Crippen LogP contribution in [0.5, 0.6) is 0 Å². The Morgan fingerprint density at radius 2 is 2.00 bits per heavy atom. The summed E-state index contributed by atoms with van der Waals surface area (Å²) < 4.78 is 3.49. The Kier molecular flexibility index (Phi) is 3.30. The van der Waals surface area contributed by atoms with Gasteiger partial charge in [-0.15, -0.1) is 5.10 Å². The second kappa shape index (κ2) is 5.48. The van der Waals surface area contributed by atoms with Crippen LogP contribution >= 0.6 is 0 Å². The maximum Gasteiger partial charge on any atom is 0.185 e. The van der Waals surface area contributed by atoms with Crippen LogP contribution < -0.4 is 0 Å². The fraction of sp³-hybridized carbons (Fsp3) is 0.250. The molecule has 0 saturated carbocycles. The van der Waals surface area contributed by atoms with Gasteiger partial charge in [-0.2, -0.15) is 5.10 Å². The normalized spacial score (nSPS) is 11.5. The molecule has 8 nitrogen and oxygen atoms in total. The van der Waals surface area contributed by atoms with Crippen molar-refractivity contribution in [1.29, 1.82) is 0 Å². The minimum Gasteiger partial charge on any atom is -0.264 e. The van der Waals surface area contributed by atoms with Crippen LogP contribution in [0.1, 0.15) is 31.3 Å². The van der Waals surface area contributed by atoms with Crippen molar-refractivity contribution in [2.24, 2.45) is 0 Å². The molecular formula is C16H16N8.